The van der Waals surface area contributed by atoms with Crippen molar-refractivity contribution in [2.75, 3.05) is 25.6 Å². The van der Waals surface area contributed by atoms with Gasteiger partial charge in [-0.05, 0) is 6.07 Å². The Kier molecular flexibility index (Phi) is 5.55. The van der Waals surface area contributed by atoms with E-state index in [-0.39, 0.29) is 12.3 Å². The lowest BCUT2D eigenvalue weighted by atomic mass is 10.3. The molecule has 1 aromatic rings. The summed E-state index contributed by atoms with van der Waals surface area (Å²) >= 11 is 0. The average molecular weight is 255 g/mol. The van der Waals surface area contributed by atoms with Crippen molar-refractivity contribution in [3.63, 3.8) is 0 Å². The number of hydroxylamine groups is 1. The van der Waals surface area contributed by atoms with E-state index >= 15 is 0 Å². The van der Waals surface area contributed by atoms with Crippen LogP contribution in [0.2, 0.25) is 0 Å². The standard InChI is InChI=1S/C10H13N3O5/c1-17-5-6-18-12-10(14)11-8-3-2-4-9(7-8)13(15)16/h2-4,7H,5-6H2,1H3,(H2,11,12,14). The maximum Gasteiger partial charge on any atom is 0.343 e. The minimum atomic E-state index is -0.619. The number of amides is 2. The molecule has 0 saturated heterocycles. The second-order valence-corrected chi connectivity index (χ2v) is 3.20. The summed E-state index contributed by atoms with van der Waals surface area (Å²) in [6.45, 7) is 0.552. The van der Waals surface area contributed by atoms with Crippen molar-refractivity contribution >= 4 is 17.4 Å². The summed E-state index contributed by atoms with van der Waals surface area (Å²) in [6, 6.07) is 4.96. The molecule has 0 aromatic heterocycles. The number of urea groups is 1. The molecule has 0 spiro atoms. The fourth-order valence-corrected chi connectivity index (χ4v) is 1.10. The zero-order valence-electron chi connectivity index (χ0n) is 9.71. The molecule has 0 heterocycles. The lowest BCUT2D eigenvalue weighted by Crippen LogP contribution is -2.30. The van der Waals surface area contributed by atoms with Crippen LogP contribution in [0, 0.1) is 10.1 Å². The summed E-state index contributed by atoms with van der Waals surface area (Å²) in [6.07, 6.45) is 0. The maximum absolute atomic E-state index is 11.3. The largest absolute Gasteiger partial charge is 0.382 e. The van der Waals surface area contributed by atoms with Crippen LogP contribution in [-0.4, -0.2) is 31.3 Å². The highest BCUT2D eigenvalue weighted by atomic mass is 16.7. The smallest absolute Gasteiger partial charge is 0.343 e. The van der Waals surface area contributed by atoms with Gasteiger partial charge in [0.2, 0.25) is 0 Å². The Labute approximate surface area is 103 Å². The molecule has 0 aliphatic rings. The summed E-state index contributed by atoms with van der Waals surface area (Å²) in [7, 11) is 1.51. The fourth-order valence-electron chi connectivity index (χ4n) is 1.10. The number of benzene rings is 1. The molecule has 2 N–H and O–H groups in total. The van der Waals surface area contributed by atoms with E-state index < -0.39 is 11.0 Å². The minimum Gasteiger partial charge on any atom is -0.382 e. The van der Waals surface area contributed by atoms with Gasteiger partial charge in [0.25, 0.3) is 5.69 Å². The Morgan fingerprint density at radius 1 is 1.44 bits per heavy atom. The highest BCUT2D eigenvalue weighted by molar-refractivity contribution is 5.88. The number of carbonyl (C=O) groups excluding carboxylic acids is 1. The van der Waals surface area contributed by atoms with Crippen LogP contribution in [0.25, 0.3) is 0 Å². The number of non-ortho nitro benzene ring substituents is 1. The van der Waals surface area contributed by atoms with Gasteiger partial charge in [0, 0.05) is 24.9 Å². The molecule has 2 amide bonds. The summed E-state index contributed by atoms with van der Waals surface area (Å²) in [5.41, 5.74) is 2.31. The molecule has 0 fully saturated rings. The van der Waals surface area contributed by atoms with Gasteiger partial charge in [0.05, 0.1) is 18.1 Å². The molecule has 0 aliphatic carbocycles. The Morgan fingerprint density at radius 2 is 2.22 bits per heavy atom. The molecule has 8 nitrogen and oxygen atoms in total. The number of carbonyl (C=O) groups is 1. The molecular formula is C10H13N3O5. The van der Waals surface area contributed by atoms with Crippen LogP contribution in [0.1, 0.15) is 0 Å². The van der Waals surface area contributed by atoms with Gasteiger partial charge in [-0.25, -0.2) is 10.3 Å². The molecular weight excluding hydrogens is 242 g/mol. The summed E-state index contributed by atoms with van der Waals surface area (Å²) in [5.74, 6) is 0. The Morgan fingerprint density at radius 3 is 2.89 bits per heavy atom. The van der Waals surface area contributed by atoms with E-state index in [0.717, 1.165) is 0 Å². The van der Waals surface area contributed by atoms with Gasteiger partial charge in [-0.3, -0.25) is 15.0 Å². The van der Waals surface area contributed by atoms with E-state index in [0.29, 0.717) is 12.3 Å². The molecule has 1 aromatic carbocycles. The van der Waals surface area contributed by atoms with Crippen molar-refractivity contribution in [1.29, 1.82) is 0 Å². The number of anilines is 1. The summed E-state index contributed by atoms with van der Waals surface area (Å²) in [5, 5.41) is 12.9. The number of nitro groups is 1. The lowest BCUT2D eigenvalue weighted by molar-refractivity contribution is -0.384. The number of rotatable bonds is 6. The lowest BCUT2D eigenvalue weighted by Gasteiger charge is -2.07. The number of hydrogen-bond acceptors (Lipinski definition) is 5. The quantitative estimate of drug-likeness (QED) is 0.453. The van der Waals surface area contributed by atoms with Crippen molar-refractivity contribution in [3.05, 3.63) is 34.4 Å². The van der Waals surface area contributed by atoms with Crippen LogP contribution in [0.4, 0.5) is 16.2 Å². The monoisotopic (exact) mass is 255 g/mol. The number of nitrogens with zero attached hydrogens (tertiary/aromatic N) is 1. The van der Waals surface area contributed by atoms with Crippen molar-refractivity contribution in [1.82, 2.24) is 5.48 Å². The van der Waals surface area contributed by atoms with E-state index in [2.05, 4.69) is 10.8 Å². The third-order valence-corrected chi connectivity index (χ3v) is 1.87. The number of hydrogen-bond donors (Lipinski definition) is 2. The van der Waals surface area contributed by atoms with Gasteiger partial charge in [-0.15, -0.1) is 0 Å². The van der Waals surface area contributed by atoms with Crippen LogP contribution in [-0.2, 0) is 9.57 Å². The second kappa shape index (κ2) is 7.20. The van der Waals surface area contributed by atoms with E-state index in [4.69, 9.17) is 9.57 Å². The molecule has 0 bridgehead atoms. The van der Waals surface area contributed by atoms with Gasteiger partial charge >= 0.3 is 6.03 Å². The molecule has 8 heteroatoms. The van der Waals surface area contributed by atoms with E-state index in [9.17, 15) is 14.9 Å². The van der Waals surface area contributed by atoms with Crippen LogP contribution < -0.4 is 10.8 Å². The Hall–Kier alpha value is -2.19. The third kappa shape index (κ3) is 4.76. The number of ether oxygens (including phenoxy) is 1. The number of nitrogens with one attached hydrogen (secondary N) is 2. The highest BCUT2D eigenvalue weighted by Crippen LogP contribution is 2.16. The first-order valence-corrected chi connectivity index (χ1v) is 5.05. The predicted molar refractivity (Wildman–Crippen MR) is 63.1 cm³/mol. The minimum absolute atomic E-state index is 0.104. The van der Waals surface area contributed by atoms with Crippen molar-refractivity contribution in [2.24, 2.45) is 0 Å². The molecule has 18 heavy (non-hydrogen) atoms. The predicted octanol–water partition coefficient (Wildman–Crippen LogP) is 1.29. The van der Waals surface area contributed by atoms with Crippen LogP contribution in [0.3, 0.4) is 0 Å². The molecule has 1 rings (SSSR count). The van der Waals surface area contributed by atoms with Crippen LogP contribution in [0.5, 0.6) is 0 Å². The first-order valence-electron chi connectivity index (χ1n) is 5.05. The van der Waals surface area contributed by atoms with Gasteiger partial charge in [0.15, 0.2) is 0 Å². The van der Waals surface area contributed by atoms with Crippen molar-refractivity contribution < 1.29 is 19.3 Å². The first kappa shape index (κ1) is 13.9. The SMILES string of the molecule is COCCONC(=O)Nc1cccc([N+](=O)[O-])c1. The highest BCUT2D eigenvalue weighted by Gasteiger charge is 2.07. The first-order chi connectivity index (χ1) is 8.63. The second-order valence-electron chi connectivity index (χ2n) is 3.20. The Bertz CT molecular complexity index is 424. The van der Waals surface area contributed by atoms with Gasteiger partial charge in [-0.1, -0.05) is 6.07 Å². The zero-order valence-corrected chi connectivity index (χ0v) is 9.71. The summed E-state index contributed by atoms with van der Waals surface area (Å²) < 4.78 is 4.71. The van der Waals surface area contributed by atoms with Crippen molar-refractivity contribution in [3.8, 4) is 0 Å². The summed E-state index contributed by atoms with van der Waals surface area (Å²) in [4.78, 5) is 26.0. The van der Waals surface area contributed by atoms with E-state index in [1.54, 1.807) is 0 Å². The van der Waals surface area contributed by atoms with E-state index in [1.165, 1.54) is 31.4 Å². The zero-order chi connectivity index (χ0) is 13.4. The molecule has 0 radical (unpaired) electrons. The van der Waals surface area contributed by atoms with Crippen molar-refractivity contribution in [2.45, 2.75) is 0 Å². The third-order valence-electron chi connectivity index (χ3n) is 1.87. The molecule has 0 saturated carbocycles. The van der Waals surface area contributed by atoms with Gasteiger partial charge in [0.1, 0.15) is 0 Å². The molecule has 0 atom stereocenters. The maximum atomic E-state index is 11.3. The van der Waals surface area contributed by atoms with Gasteiger partial charge in [-0.2, -0.15) is 0 Å². The normalized spacial score (nSPS) is 9.83. The van der Waals surface area contributed by atoms with Crippen LogP contribution >= 0.6 is 0 Å². The van der Waals surface area contributed by atoms with Crippen LogP contribution in [0.15, 0.2) is 24.3 Å². The molecule has 98 valence electrons. The average Bonchev–Trinajstić information content (AvgIpc) is 2.35. The van der Waals surface area contributed by atoms with Gasteiger partial charge < -0.3 is 10.1 Å². The topological polar surface area (TPSA) is 103 Å². The number of nitro benzene ring substituents is 1. The van der Waals surface area contributed by atoms with E-state index in [1.807, 2.05) is 0 Å². The molecule has 0 aliphatic heterocycles. The Balaban J connectivity index is 2.44. The number of methoxy groups -OCH3 is 1. The molecule has 0 unspecified atom stereocenters. The fraction of sp³-hybridized carbons (Fsp3) is 0.300.